The number of hydrogen-bond acceptors (Lipinski definition) is 4. The number of halogens is 1. The normalized spacial score (nSPS) is 10.4. The van der Waals surface area contributed by atoms with Crippen molar-refractivity contribution in [3.05, 3.63) is 22.7 Å². The van der Waals surface area contributed by atoms with Crippen LogP contribution in [0.2, 0.25) is 5.02 Å². The summed E-state index contributed by atoms with van der Waals surface area (Å²) < 4.78 is 10.8. The SMILES string of the molecule is CCSCCOc1c(Cl)cc(CO)cc1OC. The van der Waals surface area contributed by atoms with Crippen LogP contribution in [0.5, 0.6) is 11.5 Å². The average molecular weight is 277 g/mol. The van der Waals surface area contributed by atoms with Gasteiger partial charge in [0, 0.05) is 5.75 Å². The molecule has 0 fully saturated rings. The van der Waals surface area contributed by atoms with Crippen LogP contribution in [0.15, 0.2) is 12.1 Å². The van der Waals surface area contributed by atoms with Gasteiger partial charge in [0.25, 0.3) is 0 Å². The third-order valence-corrected chi connectivity index (χ3v) is 3.29. The molecule has 3 nitrogen and oxygen atoms in total. The number of benzene rings is 1. The van der Waals surface area contributed by atoms with E-state index in [4.69, 9.17) is 26.2 Å². The second-order valence-corrected chi connectivity index (χ2v) is 5.11. The molecule has 0 aromatic heterocycles. The molecular formula is C12H17ClO3S. The van der Waals surface area contributed by atoms with Gasteiger partial charge in [-0.25, -0.2) is 0 Å². The van der Waals surface area contributed by atoms with Crippen molar-refractivity contribution in [3.8, 4) is 11.5 Å². The van der Waals surface area contributed by atoms with Crippen molar-refractivity contribution >= 4 is 23.4 Å². The second-order valence-electron chi connectivity index (χ2n) is 3.31. The molecule has 1 aromatic rings. The number of methoxy groups -OCH3 is 1. The van der Waals surface area contributed by atoms with Gasteiger partial charge in [0.1, 0.15) is 0 Å². The molecule has 0 radical (unpaired) electrons. The van der Waals surface area contributed by atoms with Gasteiger partial charge in [-0.2, -0.15) is 11.8 Å². The number of aliphatic hydroxyl groups is 1. The fourth-order valence-corrected chi connectivity index (χ4v) is 2.13. The zero-order valence-corrected chi connectivity index (χ0v) is 11.6. The maximum absolute atomic E-state index is 9.06. The van der Waals surface area contributed by atoms with Gasteiger partial charge in [0.15, 0.2) is 11.5 Å². The molecule has 1 rings (SSSR count). The molecule has 0 unspecified atom stereocenters. The second kappa shape index (κ2) is 7.69. The van der Waals surface area contributed by atoms with E-state index in [-0.39, 0.29) is 6.61 Å². The monoisotopic (exact) mass is 276 g/mol. The van der Waals surface area contributed by atoms with Crippen LogP contribution in [-0.4, -0.2) is 30.3 Å². The van der Waals surface area contributed by atoms with Gasteiger partial charge in [-0.3, -0.25) is 0 Å². The Morgan fingerprint density at radius 1 is 1.41 bits per heavy atom. The van der Waals surface area contributed by atoms with E-state index in [1.54, 1.807) is 31.0 Å². The minimum atomic E-state index is -0.0674. The van der Waals surface area contributed by atoms with Gasteiger partial charge < -0.3 is 14.6 Å². The first-order valence-corrected chi connectivity index (χ1v) is 6.94. The first-order valence-electron chi connectivity index (χ1n) is 5.40. The van der Waals surface area contributed by atoms with Crippen molar-refractivity contribution in [2.75, 3.05) is 25.2 Å². The minimum absolute atomic E-state index is 0.0674. The Kier molecular flexibility index (Phi) is 6.55. The Morgan fingerprint density at radius 3 is 2.76 bits per heavy atom. The van der Waals surface area contributed by atoms with E-state index in [0.29, 0.717) is 28.7 Å². The molecule has 0 bridgehead atoms. The van der Waals surface area contributed by atoms with Crippen LogP contribution in [-0.2, 0) is 6.61 Å². The molecule has 0 aliphatic heterocycles. The van der Waals surface area contributed by atoms with Crippen LogP contribution >= 0.6 is 23.4 Å². The molecule has 96 valence electrons. The molecule has 0 spiro atoms. The lowest BCUT2D eigenvalue weighted by atomic mass is 10.2. The van der Waals surface area contributed by atoms with E-state index >= 15 is 0 Å². The molecule has 0 saturated carbocycles. The van der Waals surface area contributed by atoms with Crippen LogP contribution in [0, 0.1) is 0 Å². The zero-order valence-electron chi connectivity index (χ0n) is 10.0. The van der Waals surface area contributed by atoms with Gasteiger partial charge >= 0.3 is 0 Å². The van der Waals surface area contributed by atoms with Gasteiger partial charge in [-0.15, -0.1) is 0 Å². The topological polar surface area (TPSA) is 38.7 Å². The summed E-state index contributed by atoms with van der Waals surface area (Å²) in [5.74, 6) is 3.08. The smallest absolute Gasteiger partial charge is 0.179 e. The number of rotatable bonds is 7. The summed E-state index contributed by atoms with van der Waals surface area (Å²) in [5, 5.41) is 9.53. The molecule has 0 saturated heterocycles. The van der Waals surface area contributed by atoms with Crippen molar-refractivity contribution in [1.82, 2.24) is 0 Å². The molecule has 1 N–H and O–H groups in total. The lowest BCUT2D eigenvalue weighted by molar-refractivity contribution is 0.279. The summed E-state index contributed by atoms with van der Waals surface area (Å²) in [7, 11) is 1.56. The van der Waals surface area contributed by atoms with Crippen molar-refractivity contribution in [3.63, 3.8) is 0 Å². The molecule has 0 amide bonds. The molecule has 0 aliphatic rings. The third-order valence-electron chi connectivity index (χ3n) is 2.15. The third kappa shape index (κ3) is 4.30. The fraction of sp³-hybridized carbons (Fsp3) is 0.500. The Labute approximate surface area is 111 Å². The van der Waals surface area contributed by atoms with Crippen LogP contribution < -0.4 is 9.47 Å². The van der Waals surface area contributed by atoms with E-state index in [1.165, 1.54) is 0 Å². The van der Waals surface area contributed by atoms with Crippen molar-refractivity contribution in [1.29, 1.82) is 0 Å². The van der Waals surface area contributed by atoms with E-state index in [0.717, 1.165) is 11.5 Å². The molecule has 0 aliphatic carbocycles. The molecule has 17 heavy (non-hydrogen) atoms. The highest BCUT2D eigenvalue weighted by Gasteiger charge is 2.11. The molecule has 5 heteroatoms. The van der Waals surface area contributed by atoms with Crippen molar-refractivity contribution in [2.24, 2.45) is 0 Å². The number of hydrogen-bond donors (Lipinski definition) is 1. The van der Waals surface area contributed by atoms with E-state index in [1.807, 2.05) is 0 Å². The van der Waals surface area contributed by atoms with Gasteiger partial charge in [0.2, 0.25) is 0 Å². The van der Waals surface area contributed by atoms with Crippen LogP contribution in [0.1, 0.15) is 12.5 Å². The Hall–Kier alpha value is -0.580. The molecule has 0 heterocycles. The standard InChI is InChI=1S/C12H17ClO3S/c1-3-17-5-4-16-12-10(13)6-9(8-14)7-11(12)15-2/h6-7,14H,3-5,8H2,1-2H3. The lowest BCUT2D eigenvalue weighted by Gasteiger charge is -2.13. The summed E-state index contributed by atoms with van der Waals surface area (Å²) in [4.78, 5) is 0. The van der Waals surface area contributed by atoms with Crippen LogP contribution in [0.3, 0.4) is 0 Å². The summed E-state index contributed by atoms with van der Waals surface area (Å²) in [6, 6.07) is 3.42. The molecule has 0 atom stereocenters. The first-order chi connectivity index (χ1) is 8.22. The van der Waals surface area contributed by atoms with E-state index in [9.17, 15) is 0 Å². The highest BCUT2D eigenvalue weighted by molar-refractivity contribution is 7.99. The highest BCUT2D eigenvalue weighted by atomic mass is 35.5. The van der Waals surface area contributed by atoms with Crippen molar-refractivity contribution < 1.29 is 14.6 Å². The summed E-state index contributed by atoms with van der Waals surface area (Å²) in [5.41, 5.74) is 0.710. The quantitative estimate of drug-likeness (QED) is 0.777. The lowest BCUT2D eigenvalue weighted by Crippen LogP contribution is -2.03. The van der Waals surface area contributed by atoms with Gasteiger partial charge in [-0.05, 0) is 23.4 Å². The maximum atomic E-state index is 9.06. The number of ether oxygens (including phenoxy) is 2. The van der Waals surface area contributed by atoms with E-state index < -0.39 is 0 Å². The minimum Gasteiger partial charge on any atom is -0.493 e. The van der Waals surface area contributed by atoms with Crippen LogP contribution in [0.4, 0.5) is 0 Å². The zero-order chi connectivity index (χ0) is 12.7. The summed E-state index contributed by atoms with van der Waals surface area (Å²) >= 11 is 7.89. The van der Waals surface area contributed by atoms with Gasteiger partial charge in [0.05, 0.1) is 25.3 Å². The Morgan fingerprint density at radius 2 is 2.18 bits per heavy atom. The maximum Gasteiger partial charge on any atom is 0.179 e. The van der Waals surface area contributed by atoms with Crippen molar-refractivity contribution in [2.45, 2.75) is 13.5 Å². The predicted molar refractivity (Wildman–Crippen MR) is 72.4 cm³/mol. The predicted octanol–water partition coefficient (Wildman–Crippen LogP) is 2.97. The fourth-order valence-electron chi connectivity index (χ4n) is 1.35. The largest absolute Gasteiger partial charge is 0.493 e. The number of aliphatic hydroxyl groups excluding tert-OH is 1. The average Bonchev–Trinajstić information content (AvgIpc) is 2.35. The first kappa shape index (κ1) is 14.5. The van der Waals surface area contributed by atoms with Crippen LogP contribution in [0.25, 0.3) is 0 Å². The summed E-state index contributed by atoms with van der Waals surface area (Å²) in [6.45, 7) is 2.63. The van der Waals surface area contributed by atoms with E-state index in [2.05, 4.69) is 6.92 Å². The van der Waals surface area contributed by atoms with Gasteiger partial charge in [-0.1, -0.05) is 18.5 Å². The number of thioether (sulfide) groups is 1. The Balaban J connectivity index is 2.75. The molecular weight excluding hydrogens is 260 g/mol. The summed E-state index contributed by atoms with van der Waals surface area (Å²) in [6.07, 6.45) is 0. The molecule has 1 aromatic carbocycles. The Bertz CT molecular complexity index is 358. The highest BCUT2D eigenvalue weighted by Crippen LogP contribution is 2.36.